The van der Waals surface area contributed by atoms with Gasteiger partial charge in [-0.1, -0.05) is 19.9 Å². The quantitative estimate of drug-likeness (QED) is 0.545. The molecule has 167 valence electrons. The van der Waals surface area contributed by atoms with E-state index in [0.29, 0.717) is 29.9 Å². The first-order valence-corrected chi connectivity index (χ1v) is 11.7. The Bertz CT molecular complexity index is 907. The number of hydrogen-bond acceptors (Lipinski definition) is 4. The largest absolute Gasteiger partial charge is 1.00 e. The third-order valence-corrected chi connectivity index (χ3v) is 6.87. The number of amides is 2. The molecular formula is C22H25BrClFN3O2S. The van der Waals surface area contributed by atoms with Crippen molar-refractivity contribution in [2.45, 2.75) is 37.3 Å². The minimum Gasteiger partial charge on any atom is -1.00 e. The summed E-state index contributed by atoms with van der Waals surface area (Å²) in [5, 5.41) is 2.14. The smallest absolute Gasteiger partial charge is 0.255 e. The zero-order valence-electron chi connectivity index (χ0n) is 17.4. The summed E-state index contributed by atoms with van der Waals surface area (Å²) in [5.74, 6) is -0.195. The van der Waals surface area contributed by atoms with Crippen LogP contribution in [0.5, 0.6) is 0 Å². The topological polar surface area (TPSA) is 63.5 Å². The molecule has 1 aromatic carbocycles. The maximum Gasteiger partial charge on any atom is 0.255 e. The summed E-state index contributed by atoms with van der Waals surface area (Å²) in [7, 11) is 0. The van der Waals surface area contributed by atoms with Gasteiger partial charge in [-0.2, -0.15) is 0 Å². The first kappa shape index (κ1) is 25.6. The van der Waals surface area contributed by atoms with Crippen molar-refractivity contribution in [3.8, 4) is 0 Å². The molecule has 2 aliphatic rings. The molecule has 3 rings (SSSR count). The van der Waals surface area contributed by atoms with Crippen LogP contribution in [0.15, 0.2) is 46.6 Å². The summed E-state index contributed by atoms with van der Waals surface area (Å²) in [4.78, 5) is 31.6. The predicted molar refractivity (Wildman–Crippen MR) is 122 cm³/mol. The molecule has 2 unspecified atom stereocenters. The van der Waals surface area contributed by atoms with Crippen molar-refractivity contribution in [3.05, 3.63) is 58.0 Å². The summed E-state index contributed by atoms with van der Waals surface area (Å²) in [5.41, 5.74) is 1.72. The second-order valence-electron chi connectivity index (χ2n) is 7.66. The Morgan fingerprint density at radius 1 is 1.35 bits per heavy atom. The highest BCUT2D eigenvalue weighted by Gasteiger charge is 2.42. The molecule has 0 saturated carbocycles. The molecule has 0 spiro atoms. The lowest BCUT2D eigenvalue weighted by molar-refractivity contribution is -0.132. The Hall–Kier alpha value is -1.64. The number of nitrogens with zero attached hydrogens (tertiary/aromatic N) is 2. The molecule has 2 amide bonds. The number of rotatable bonds is 8. The van der Waals surface area contributed by atoms with Gasteiger partial charge in [0.25, 0.3) is 5.70 Å². The van der Waals surface area contributed by atoms with Crippen molar-refractivity contribution in [2.24, 2.45) is 5.92 Å². The molecule has 1 N–H and O–H groups in total. The predicted octanol–water partition coefficient (Wildman–Crippen LogP) is 0.948. The van der Waals surface area contributed by atoms with Crippen molar-refractivity contribution in [2.75, 3.05) is 13.1 Å². The number of thioether (sulfide) groups is 1. The van der Waals surface area contributed by atoms with Crippen molar-refractivity contribution in [1.29, 1.82) is 0 Å². The highest BCUT2D eigenvalue weighted by Crippen LogP contribution is 2.45. The number of aliphatic imine (C=N–C) groups is 1. The Kier molecular flexibility index (Phi) is 9.78. The van der Waals surface area contributed by atoms with Crippen LogP contribution in [0.4, 0.5) is 4.39 Å². The van der Waals surface area contributed by atoms with Gasteiger partial charge >= 0.3 is 0 Å². The molecular weight excluding hydrogens is 505 g/mol. The zero-order chi connectivity index (χ0) is 21.7. The SMILES string of the molecule is CC(C)CNC(=O)CC1SC(c2ccc(F)c(Br)c2)N(CCC2=CC=CC=[N+]2)C1=O.[Cl-]. The van der Waals surface area contributed by atoms with Crippen LogP contribution < -0.4 is 22.7 Å². The first-order valence-electron chi connectivity index (χ1n) is 9.92. The van der Waals surface area contributed by atoms with E-state index < -0.39 is 5.25 Å². The minimum absolute atomic E-state index is 0. The molecule has 1 fully saturated rings. The molecule has 0 bridgehead atoms. The molecule has 2 aliphatic heterocycles. The molecule has 0 aliphatic carbocycles. The van der Waals surface area contributed by atoms with Crippen LogP contribution in [0.2, 0.25) is 0 Å². The lowest BCUT2D eigenvalue weighted by atomic mass is 10.1. The van der Waals surface area contributed by atoms with Crippen LogP contribution in [0.25, 0.3) is 0 Å². The fourth-order valence-corrected chi connectivity index (χ4v) is 5.08. The molecule has 1 radical (unpaired) electrons. The summed E-state index contributed by atoms with van der Waals surface area (Å²) >= 11 is 4.68. The molecule has 5 nitrogen and oxygen atoms in total. The zero-order valence-corrected chi connectivity index (χ0v) is 20.5. The van der Waals surface area contributed by atoms with Crippen LogP contribution in [0.3, 0.4) is 0 Å². The number of carbonyl (C=O) groups is 2. The molecule has 2 atom stereocenters. The Balaban J connectivity index is 0.00000341. The molecule has 2 heterocycles. The molecule has 1 aromatic rings. The van der Waals surface area contributed by atoms with Crippen LogP contribution in [0, 0.1) is 11.7 Å². The van der Waals surface area contributed by atoms with E-state index >= 15 is 0 Å². The van der Waals surface area contributed by atoms with E-state index in [1.165, 1.54) is 17.8 Å². The molecule has 9 heteroatoms. The second-order valence-corrected chi connectivity index (χ2v) is 9.80. The van der Waals surface area contributed by atoms with Crippen LogP contribution in [0.1, 0.15) is 37.6 Å². The van der Waals surface area contributed by atoms with Gasteiger partial charge < -0.3 is 22.6 Å². The van der Waals surface area contributed by atoms with Gasteiger partial charge in [-0.25, -0.2) is 4.39 Å². The van der Waals surface area contributed by atoms with Crippen molar-refractivity contribution >= 4 is 45.7 Å². The fourth-order valence-electron chi connectivity index (χ4n) is 3.21. The lowest BCUT2D eigenvalue weighted by Gasteiger charge is -2.23. The van der Waals surface area contributed by atoms with Crippen molar-refractivity contribution < 1.29 is 26.4 Å². The molecule has 31 heavy (non-hydrogen) atoms. The van der Waals surface area contributed by atoms with E-state index in [2.05, 4.69) is 26.2 Å². The average molecular weight is 530 g/mol. The number of benzene rings is 1. The van der Waals surface area contributed by atoms with E-state index in [1.807, 2.05) is 32.1 Å². The van der Waals surface area contributed by atoms with Gasteiger partial charge in [0.15, 0.2) is 0 Å². The number of nitrogens with one attached hydrogen (secondary N) is 1. The van der Waals surface area contributed by atoms with Gasteiger partial charge in [0.1, 0.15) is 11.2 Å². The van der Waals surface area contributed by atoms with Gasteiger partial charge in [0, 0.05) is 31.7 Å². The van der Waals surface area contributed by atoms with E-state index in [-0.39, 0.29) is 41.8 Å². The van der Waals surface area contributed by atoms with Crippen molar-refractivity contribution in [1.82, 2.24) is 15.2 Å². The van der Waals surface area contributed by atoms with Crippen molar-refractivity contribution in [3.63, 3.8) is 0 Å². The first-order chi connectivity index (χ1) is 14.3. The maximum absolute atomic E-state index is 13.7. The highest BCUT2D eigenvalue weighted by molar-refractivity contribution is 9.10. The minimum atomic E-state index is -0.463. The van der Waals surface area contributed by atoms with E-state index in [9.17, 15) is 14.0 Å². The molecule has 1 saturated heterocycles. The Morgan fingerprint density at radius 2 is 2.13 bits per heavy atom. The summed E-state index contributed by atoms with van der Waals surface area (Å²) in [6.45, 7) is 5.11. The summed E-state index contributed by atoms with van der Waals surface area (Å²) in [6, 6.07) is 4.79. The fraction of sp³-hybridized carbons (Fsp3) is 0.409. The van der Waals surface area contributed by atoms with Gasteiger partial charge in [0.05, 0.1) is 21.1 Å². The Morgan fingerprint density at radius 3 is 2.77 bits per heavy atom. The summed E-state index contributed by atoms with van der Waals surface area (Å²) < 4.78 is 14.1. The van der Waals surface area contributed by atoms with E-state index in [0.717, 1.165) is 11.3 Å². The van der Waals surface area contributed by atoms with Crippen LogP contribution in [-0.2, 0) is 9.59 Å². The summed E-state index contributed by atoms with van der Waals surface area (Å²) in [6.07, 6.45) is 8.16. The van der Waals surface area contributed by atoms with Crippen LogP contribution >= 0.6 is 27.7 Å². The average Bonchev–Trinajstić information content (AvgIpc) is 3.03. The van der Waals surface area contributed by atoms with Gasteiger partial charge in [-0.3, -0.25) is 9.59 Å². The Labute approximate surface area is 201 Å². The normalized spacial score (nSPS) is 20.1. The van der Waals surface area contributed by atoms with E-state index in [1.54, 1.807) is 23.2 Å². The number of carbonyl (C=O) groups excluding carboxylic acids is 2. The number of allylic oxidation sites excluding steroid dienone is 3. The highest BCUT2D eigenvalue weighted by atomic mass is 79.9. The lowest BCUT2D eigenvalue weighted by Crippen LogP contribution is -3.00. The third-order valence-electron chi connectivity index (χ3n) is 4.78. The van der Waals surface area contributed by atoms with Gasteiger partial charge in [0.2, 0.25) is 18.0 Å². The number of hydrogen-bond donors (Lipinski definition) is 1. The monoisotopic (exact) mass is 528 g/mol. The second kappa shape index (κ2) is 11.8. The maximum atomic E-state index is 13.7. The third kappa shape index (κ3) is 6.92. The van der Waals surface area contributed by atoms with Crippen LogP contribution in [-0.4, -0.2) is 41.3 Å². The molecule has 0 aromatic heterocycles. The van der Waals surface area contributed by atoms with E-state index in [4.69, 9.17) is 0 Å². The number of halogens is 3. The standard InChI is InChI=1S/C22H25BrFN3O2S.ClH/c1-14(2)13-26-20(28)12-19-21(29)27(10-8-16-5-3-4-9-25-16)22(30-19)15-6-7-18(24)17(23)11-15;/h3-7,9,11,14,19,22H,8,10,12-13H2,1-2H3,(H,26,28);1H/q+1;/p-1. The van der Waals surface area contributed by atoms with Gasteiger partial charge in [-0.05, 0) is 45.6 Å². The van der Waals surface area contributed by atoms with Gasteiger partial charge in [-0.15, -0.1) is 11.8 Å².